The number of aryl methyl sites for hydroxylation is 1. The number of rotatable bonds is 5. The fourth-order valence-electron chi connectivity index (χ4n) is 2.46. The van der Waals surface area contributed by atoms with E-state index in [0.717, 1.165) is 24.0 Å². The molecule has 0 aliphatic rings. The first-order valence-corrected chi connectivity index (χ1v) is 7.43. The lowest BCUT2D eigenvalue weighted by molar-refractivity contribution is -0.384. The molecule has 1 heterocycles. The molecule has 0 N–H and O–H groups in total. The normalized spacial score (nSPS) is 11.3. The van der Waals surface area contributed by atoms with Crippen LogP contribution in [0.25, 0.3) is 11.0 Å². The molecule has 0 radical (unpaired) electrons. The van der Waals surface area contributed by atoms with Crippen LogP contribution in [-0.4, -0.2) is 20.7 Å². The van der Waals surface area contributed by atoms with E-state index in [1.807, 2.05) is 24.3 Å². The number of hydrogen-bond acceptors (Lipinski definition) is 4. The summed E-state index contributed by atoms with van der Waals surface area (Å²) in [5.41, 5.74) is 2.66. The third-order valence-corrected chi connectivity index (χ3v) is 3.49. The standard InChI is InChI=1S/C17H16N4O2/c1-2-10-20-16-9-4-3-8-15(16)19-17(20)18-12-13-6-5-7-14(11-13)21(22)23/h3-9,11-12H,2,10H2,1H3/b18-12+. The van der Waals surface area contributed by atoms with Crippen molar-refractivity contribution in [1.82, 2.24) is 9.55 Å². The van der Waals surface area contributed by atoms with E-state index in [2.05, 4.69) is 21.5 Å². The van der Waals surface area contributed by atoms with E-state index in [4.69, 9.17) is 0 Å². The zero-order valence-electron chi connectivity index (χ0n) is 12.7. The molecule has 2 aromatic carbocycles. The molecule has 0 saturated carbocycles. The summed E-state index contributed by atoms with van der Waals surface area (Å²) in [6.45, 7) is 2.92. The van der Waals surface area contributed by atoms with Gasteiger partial charge in [0.2, 0.25) is 5.95 Å². The second-order valence-electron chi connectivity index (χ2n) is 5.16. The summed E-state index contributed by atoms with van der Waals surface area (Å²) < 4.78 is 2.06. The number of hydrogen-bond donors (Lipinski definition) is 0. The molecular formula is C17H16N4O2. The number of nitrogens with zero attached hydrogens (tertiary/aromatic N) is 4. The van der Waals surface area contributed by atoms with Gasteiger partial charge in [-0.05, 0) is 24.1 Å². The molecule has 3 aromatic rings. The maximum Gasteiger partial charge on any atom is 0.270 e. The van der Waals surface area contributed by atoms with Crippen LogP contribution in [0.1, 0.15) is 18.9 Å². The topological polar surface area (TPSA) is 73.3 Å². The van der Waals surface area contributed by atoms with E-state index in [0.29, 0.717) is 11.5 Å². The highest BCUT2D eigenvalue weighted by Crippen LogP contribution is 2.22. The number of benzene rings is 2. The van der Waals surface area contributed by atoms with Crippen molar-refractivity contribution in [3.63, 3.8) is 0 Å². The van der Waals surface area contributed by atoms with Crippen LogP contribution in [0.15, 0.2) is 53.5 Å². The summed E-state index contributed by atoms with van der Waals surface area (Å²) in [5.74, 6) is 0.611. The van der Waals surface area contributed by atoms with E-state index in [-0.39, 0.29) is 5.69 Å². The minimum atomic E-state index is -0.413. The van der Waals surface area contributed by atoms with E-state index in [9.17, 15) is 10.1 Å². The summed E-state index contributed by atoms with van der Waals surface area (Å²) in [4.78, 5) is 19.4. The number of fused-ring (bicyclic) bond motifs is 1. The van der Waals surface area contributed by atoms with Gasteiger partial charge in [-0.1, -0.05) is 31.2 Å². The van der Waals surface area contributed by atoms with Crippen LogP contribution in [0.5, 0.6) is 0 Å². The Labute approximate surface area is 133 Å². The smallest absolute Gasteiger partial charge is 0.270 e. The van der Waals surface area contributed by atoms with Crippen molar-refractivity contribution in [3.8, 4) is 0 Å². The number of nitro benzene ring substituents is 1. The van der Waals surface area contributed by atoms with Gasteiger partial charge in [0.25, 0.3) is 5.69 Å². The number of para-hydroxylation sites is 2. The Morgan fingerprint density at radius 3 is 2.87 bits per heavy atom. The van der Waals surface area contributed by atoms with Crippen LogP contribution in [0.3, 0.4) is 0 Å². The first kappa shape index (κ1) is 14.9. The lowest BCUT2D eigenvalue weighted by atomic mass is 10.2. The third-order valence-electron chi connectivity index (χ3n) is 3.49. The number of nitro groups is 1. The highest BCUT2D eigenvalue weighted by Gasteiger charge is 2.09. The fraction of sp³-hybridized carbons (Fsp3) is 0.176. The molecule has 0 fully saturated rings. The van der Waals surface area contributed by atoms with Crippen molar-refractivity contribution in [2.75, 3.05) is 0 Å². The quantitative estimate of drug-likeness (QED) is 0.404. The monoisotopic (exact) mass is 308 g/mol. The average Bonchev–Trinajstić information content (AvgIpc) is 2.92. The van der Waals surface area contributed by atoms with Gasteiger partial charge < -0.3 is 4.57 Å². The summed E-state index contributed by atoms with van der Waals surface area (Å²) in [6.07, 6.45) is 2.58. The lowest BCUT2D eigenvalue weighted by Gasteiger charge is -2.03. The molecule has 0 amide bonds. The SMILES string of the molecule is CCCn1c(/N=C/c2cccc([N+](=O)[O-])c2)nc2ccccc21. The van der Waals surface area contributed by atoms with Gasteiger partial charge in [0.15, 0.2) is 0 Å². The van der Waals surface area contributed by atoms with Crippen LogP contribution in [0.2, 0.25) is 0 Å². The number of non-ortho nitro benzene ring substituents is 1. The van der Waals surface area contributed by atoms with Gasteiger partial charge in [0, 0.05) is 24.9 Å². The average molecular weight is 308 g/mol. The van der Waals surface area contributed by atoms with Crippen molar-refractivity contribution in [3.05, 3.63) is 64.2 Å². The molecule has 6 heteroatoms. The van der Waals surface area contributed by atoms with Gasteiger partial charge in [-0.25, -0.2) is 9.98 Å². The lowest BCUT2D eigenvalue weighted by Crippen LogP contribution is -1.96. The first-order valence-electron chi connectivity index (χ1n) is 7.43. The maximum atomic E-state index is 10.8. The predicted octanol–water partition coefficient (Wildman–Crippen LogP) is 4.11. The molecular weight excluding hydrogens is 292 g/mol. The van der Waals surface area contributed by atoms with Gasteiger partial charge in [-0.15, -0.1) is 0 Å². The zero-order valence-corrected chi connectivity index (χ0v) is 12.7. The summed E-state index contributed by atoms with van der Waals surface area (Å²) >= 11 is 0. The molecule has 0 aliphatic carbocycles. The Bertz CT molecular complexity index is 883. The molecule has 0 spiro atoms. The molecule has 0 unspecified atom stereocenters. The first-order chi connectivity index (χ1) is 11.2. The molecule has 0 saturated heterocycles. The fourth-order valence-corrected chi connectivity index (χ4v) is 2.46. The van der Waals surface area contributed by atoms with Gasteiger partial charge in [-0.3, -0.25) is 10.1 Å². The second-order valence-corrected chi connectivity index (χ2v) is 5.16. The van der Waals surface area contributed by atoms with Crippen molar-refractivity contribution < 1.29 is 4.92 Å². The van der Waals surface area contributed by atoms with Crippen LogP contribution < -0.4 is 0 Å². The highest BCUT2D eigenvalue weighted by molar-refractivity contribution is 5.84. The third kappa shape index (κ3) is 3.11. The largest absolute Gasteiger partial charge is 0.308 e. The Kier molecular flexibility index (Phi) is 4.14. The Hall–Kier alpha value is -3.02. The van der Waals surface area contributed by atoms with E-state index in [1.165, 1.54) is 12.1 Å². The van der Waals surface area contributed by atoms with Crippen molar-refractivity contribution in [1.29, 1.82) is 0 Å². The van der Waals surface area contributed by atoms with Crippen LogP contribution in [-0.2, 0) is 6.54 Å². The van der Waals surface area contributed by atoms with Crippen LogP contribution in [0.4, 0.5) is 11.6 Å². The predicted molar refractivity (Wildman–Crippen MR) is 90.4 cm³/mol. The van der Waals surface area contributed by atoms with E-state index >= 15 is 0 Å². The molecule has 0 bridgehead atoms. The summed E-state index contributed by atoms with van der Waals surface area (Å²) in [6, 6.07) is 14.3. The minimum Gasteiger partial charge on any atom is -0.308 e. The molecule has 3 rings (SSSR count). The molecule has 0 atom stereocenters. The van der Waals surface area contributed by atoms with Crippen molar-refractivity contribution in [2.45, 2.75) is 19.9 Å². The van der Waals surface area contributed by atoms with Gasteiger partial charge in [-0.2, -0.15) is 0 Å². The van der Waals surface area contributed by atoms with E-state index < -0.39 is 4.92 Å². The molecule has 0 aliphatic heterocycles. The van der Waals surface area contributed by atoms with Gasteiger partial charge in [0.1, 0.15) is 0 Å². The zero-order chi connectivity index (χ0) is 16.2. The number of aromatic nitrogens is 2. The summed E-state index contributed by atoms with van der Waals surface area (Å²) in [7, 11) is 0. The molecule has 23 heavy (non-hydrogen) atoms. The molecule has 1 aromatic heterocycles. The molecule has 6 nitrogen and oxygen atoms in total. The van der Waals surface area contributed by atoms with E-state index in [1.54, 1.807) is 18.3 Å². The minimum absolute atomic E-state index is 0.0519. The Balaban J connectivity index is 1.99. The Morgan fingerprint density at radius 1 is 1.26 bits per heavy atom. The number of aliphatic imine (C=N–C) groups is 1. The maximum absolute atomic E-state index is 10.8. The second kappa shape index (κ2) is 6.39. The number of imidazole rings is 1. The van der Waals surface area contributed by atoms with Crippen molar-refractivity contribution in [2.24, 2.45) is 4.99 Å². The summed E-state index contributed by atoms with van der Waals surface area (Å²) in [5, 5.41) is 10.8. The van der Waals surface area contributed by atoms with Crippen molar-refractivity contribution >= 4 is 28.9 Å². The van der Waals surface area contributed by atoms with Crippen LogP contribution >= 0.6 is 0 Å². The van der Waals surface area contributed by atoms with Gasteiger partial charge >= 0.3 is 0 Å². The van der Waals surface area contributed by atoms with Gasteiger partial charge in [0.05, 0.1) is 16.0 Å². The Morgan fingerprint density at radius 2 is 2.09 bits per heavy atom. The van der Waals surface area contributed by atoms with Crippen LogP contribution in [0, 0.1) is 10.1 Å². The molecule has 116 valence electrons. The highest BCUT2D eigenvalue weighted by atomic mass is 16.6.